The van der Waals surface area contributed by atoms with E-state index in [1.54, 1.807) is 4.90 Å². The smallest absolute Gasteiger partial charge is 0.410 e. The van der Waals surface area contributed by atoms with Gasteiger partial charge in [0.15, 0.2) is 0 Å². The van der Waals surface area contributed by atoms with Crippen LogP contribution in [-0.4, -0.2) is 47.8 Å². The van der Waals surface area contributed by atoms with Crippen molar-refractivity contribution in [3.05, 3.63) is 69.7 Å². The molecule has 0 radical (unpaired) electrons. The molecule has 2 aliphatic rings. The van der Waals surface area contributed by atoms with E-state index in [0.717, 1.165) is 31.6 Å². The Balaban J connectivity index is 1.62. The number of hydrogen-bond acceptors (Lipinski definition) is 4. The average Bonchev–Trinajstić information content (AvgIpc) is 2.73. The Kier molecular flexibility index (Phi) is 6.56. The number of carbonyl (C=O) groups is 1. The van der Waals surface area contributed by atoms with Crippen molar-refractivity contribution >= 4 is 17.7 Å². The van der Waals surface area contributed by atoms with Gasteiger partial charge in [-0.1, -0.05) is 41.9 Å². The van der Waals surface area contributed by atoms with Crippen molar-refractivity contribution in [1.29, 1.82) is 0 Å². The molecule has 2 aromatic carbocycles. The highest BCUT2D eigenvalue weighted by Crippen LogP contribution is 2.35. The van der Waals surface area contributed by atoms with Crippen LogP contribution in [-0.2, 0) is 29.0 Å². The summed E-state index contributed by atoms with van der Waals surface area (Å²) in [7, 11) is 0. The molecule has 6 heteroatoms. The molecule has 0 aromatic heterocycles. The molecular formula is C25H31ClN2O3. The first-order valence-corrected chi connectivity index (χ1v) is 11.3. The van der Waals surface area contributed by atoms with Crippen LogP contribution in [0.15, 0.2) is 42.5 Å². The van der Waals surface area contributed by atoms with Crippen molar-refractivity contribution in [1.82, 2.24) is 9.80 Å². The van der Waals surface area contributed by atoms with Crippen molar-refractivity contribution in [2.75, 3.05) is 26.3 Å². The van der Waals surface area contributed by atoms with Gasteiger partial charge in [0.05, 0.1) is 19.3 Å². The number of morpholine rings is 1. The highest BCUT2D eigenvalue weighted by Gasteiger charge is 2.35. The minimum absolute atomic E-state index is 0.201. The molecule has 0 bridgehead atoms. The van der Waals surface area contributed by atoms with Gasteiger partial charge in [0.1, 0.15) is 5.60 Å². The van der Waals surface area contributed by atoms with Gasteiger partial charge >= 0.3 is 6.09 Å². The van der Waals surface area contributed by atoms with Crippen LogP contribution in [0, 0.1) is 0 Å². The maximum absolute atomic E-state index is 13.0. The number of amides is 1. The molecule has 1 amide bonds. The molecule has 1 unspecified atom stereocenters. The van der Waals surface area contributed by atoms with Crippen molar-refractivity contribution in [2.24, 2.45) is 0 Å². The van der Waals surface area contributed by atoms with Crippen LogP contribution < -0.4 is 0 Å². The van der Waals surface area contributed by atoms with E-state index in [2.05, 4.69) is 35.2 Å². The number of halogens is 1. The van der Waals surface area contributed by atoms with Crippen molar-refractivity contribution in [2.45, 2.75) is 51.9 Å². The Morgan fingerprint density at radius 3 is 2.71 bits per heavy atom. The van der Waals surface area contributed by atoms with E-state index < -0.39 is 5.60 Å². The highest BCUT2D eigenvalue weighted by molar-refractivity contribution is 6.30. The zero-order valence-electron chi connectivity index (χ0n) is 18.6. The molecule has 0 N–H and O–H groups in total. The fraction of sp³-hybridized carbons (Fsp3) is 0.480. The summed E-state index contributed by atoms with van der Waals surface area (Å²) < 4.78 is 11.5. The molecular weight excluding hydrogens is 412 g/mol. The largest absolute Gasteiger partial charge is 0.444 e. The second kappa shape index (κ2) is 9.19. The molecule has 2 aromatic rings. The Labute approximate surface area is 189 Å². The molecule has 1 saturated heterocycles. The van der Waals surface area contributed by atoms with Gasteiger partial charge in [-0.05, 0) is 61.6 Å². The standard InChI is InChI=1S/C25H31ClN2O3/c1-25(2,3)31-24(29)28-11-12-30-17-23(28)21-14-20(26)13-19-9-10-27(16-22(19)21)15-18-7-5-4-6-8-18/h4-8,13-14,23H,9-12,15-17H2,1-3H3. The molecule has 1 fully saturated rings. The third kappa shape index (κ3) is 5.40. The van der Waals surface area contributed by atoms with Crippen molar-refractivity contribution in [3.8, 4) is 0 Å². The van der Waals surface area contributed by atoms with Gasteiger partial charge in [-0.2, -0.15) is 0 Å². The second-order valence-corrected chi connectivity index (χ2v) is 9.78. The molecule has 5 nitrogen and oxygen atoms in total. The number of nitrogens with zero attached hydrogens (tertiary/aromatic N) is 2. The predicted molar refractivity (Wildman–Crippen MR) is 122 cm³/mol. The van der Waals surface area contributed by atoms with Gasteiger partial charge in [0.2, 0.25) is 0 Å². The summed E-state index contributed by atoms with van der Waals surface area (Å²) in [5.41, 5.74) is 4.36. The van der Waals surface area contributed by atoms with Gasteiger partial charge in [-0.15, -0.1) is 0 Å². The summed E-state index contributed by atoms with van der Waals surface area (Å²) in [6.45, 7) is 9.86. The average molecular weight is 443 g/mol. The molecule has 0 saturated carbocycles. The van der Waals surface area contributed by atoms with E-state index in [1.807, 2.05) is 32.9 Å². The van der Waals surface area contributed by atoms with E-state index in [4.69, 9.17) is 21.1 Å². The topological polar surface area (TPSA) is 42.0 Å². The van der Waals surface area contributed by atoms with Gasteiger partial charge < -0.3 is 9.47 Å². The van der Waals surface area contributed by atoms with E-state index in [-0.39, 0.29) is 12.1 Å². The van der Waals surface area contributed by atoms with Crippen molar-refractivity contribution in [3.63, 3.8) is 0 Å². The minimum atomic E-state index is -0.541. The Hall–Kier alpha value is -2.08. The van der Waals surface area contributed by atoms with E-state index in [1.165, 1.54) is 16.7 Å². The quantitative estimate of drug-likeness (QED) is 0.654. The van der Waals surface area contributed by atoms with Crippen LogP contribution >= 0.6 is 11.6 Å². The maximum Gasteiger partial charge on any atom is 0.410 e. The number of rotatable bonds is 3. The minimum Gasteiger partial charge on any atom is -0.444 e. The lowest BCUT2D eigenvalue weighted by atomic mass is 9.90. The summed E-state index contributed by atoms with van der Waals surface area (Å²) in [4.78, 5) is 17.2. The van der Waals surface area contributed by atoms with E-state index in [0.29, 0.717) is 24.8 Å². The first kappa shape index (κ1) is 22.1. The summed E-state index contributed by atoms with van der Waals surface area (Å²) in [5.74, 6) is 0. The molecule has 31 heavy (non-hydrogen) atoms. The van der Waals surface area contributed by atoms with Gasteiger partial charge in [0, 0.05) is 31.2 Å². The number of carbonyl (C=O) groups excluding carboxylic acids is 1. The molecule has 2 aliphatic heterocycles. The number of ether oxygens (including phenoxy) is 2. The van der Waals surface area contributed by atoms with E-state index in [9.17, 15) is 4.79 Å². The van der Waals surface area contributed by atoms with Crippen LogP contribution in [0.4, 0.5) is 4.79 Å². The third-order valence-corrected chi connectivity index (χ3v) is 6.00. The molecule has 0 spiro atoms. The lowest BCUT2D eigenvalue weighted by molar-refractivity contribution is -0.0334. The fourth-order valence-corrected chi connectivity index (χ4v) is 4.64. The van der Waals surface area contributed by atoms with Crippen molar-refractivity contribution < 1.29 is 14.3 Å². The van der Waals surface area contributed by atoms with Gasteiger partial charge in [0.25, 0.3) is 0 Å². The Morgan fingerprint density at radius 1 is 1.19 bits per heavy atom. The van der Waals surface area contributed by atoms with Crippen LogP contribution in [0.1, 0.15) is 49.1 Å². The Bertz CT molecular complexity index is 926. The molecule has 166 valence electrons. The lowest BCUT2D eigenvalue weighted by Crippen LogP contribution is -2.46. The summed E-state index contributed by atoms with van der Waals surface area (Å²) in [6, 6.07) is 14.4. The first-order valence-electron chi connectivity index (χ1n) is 10.9. The SMILES string of the molecule is CC(C)(C)OC(=O)N1CCOCC1c1cc(Cl)cc2c1CN(Cc1ccccc1)CC2. The maximum atomic E-state index is 13.0. The molecule has 4 rings (SSSR count). The third-order valence-electron chi connectivity index (χ3n) is 5.79. The molecule has 1 atom stereocenters. The van der Waals surface area contributed by atoms with Crippen LogP contribution in [0.3, 0.4) is 0 Å². The number of fused-ring (bicyclic) bond motifs is 1. The monoisotopic (exact) mass is 442 g/mol. The van der Waals surface area contributed by atoms with Gasteiger partial charge in [-0.25, -0.2) is 4.79 Å². The summed E-state index contributed by atoms with van der Waals surface area (Å²) >= 11 is 6.51. The van der Waals surface area contributed by atoms with Crippen LogP contribution in [0.25, 0.3) is 0 Å². The zero-order valence-corrected chi connectivity index (χ0v) is 19.3. The van der Waals surface area contributed by atoms with Crippen LogP contribution in [0.2, 0.25) is 5.02 Å². The normalized spacial score (nSPS) is 19.7. The number of hydrogen-bond donors (Lipinski definition) is 0. The van der Waals surface area contributed by atoms with Crippen LogP contribution in [0.5, 0.6) is 0 Å². The van der Waals surface area contributed by atoms with E-state index >= 15 is 0 Å². The summed E-state index contributed by atoms with van der Waals surface area (Å²) in [6.07, 6.45) is 0.641. The number of benzene rings is 2. The molecule has 2 heterocycles. The lowest BCUT2D eigenvalue weighted by Gasteiger charge is -2.39. The van der Waals surface area contributed by atoms with Gasteiger partial charge in [-0.3, -0.25) is 9.80 Å². The zero-order chi connectivity index (χ0) is 22.0. The molecule has 0 aliphatic carbocycles. The predicted octanol–water partition coefficient (Wildman–Crippen LogP) is 5.21. The summed E-state index contributed by atoms with van der Waals surface area (Å²) in [5, 5.41) is 0.708. The second-order valence-electron chi connectivity index (χ2n) is 9.34. The highest BCUT2D eigenvalue weighted by atomic mass is 35.5. The Morgan fingerprint density at radius 2 is 1.97 bits per heavy atom. The first-order chi connectivity index (χ1) is 14.8. The fourth-order valence-electron chi connectivity index (χ4n) is 4.39.